The van der Waals surface area contributed by atoms with Gasteiger partial charge >= 0.3 is 6.36 Å². The highest BCUT2D eigenvalue weighted by molar-refractivity contribution is 7.99. The van der Waals surface area contributed by atoms with Crippen LogP contribution in [0.1, 0.15) is 29.6 Å². The third-order valence-electron chi connectivity index (χ3n) is 4.70. The Morgan fingerprint density at radius 2 is 1.81 bits per heavy atom. The summed E-state index contributed by atoms with van der Waals surface area (Å²) in [6.45, 7) is 3.71. The second kappa shape index (κ2) is 8.52. The summed E-state index contributed by atoms with van der Waals surface area (Å²) in [5.74, 6) is 1.50. The molecule has 1 aromatic carbocycles. The molecule has 3 rings (SSSR count). The third kappa shape index (κ3) is 5.30. The van der Waals surface area contributed by atoms with Gasteiger partial charge in [0.2, 0.25) is 0 Å². The molecule has 2 heterocycles. The number of hydrogen-bond donors (Lipinski definition) is 0. The number of hydrogen-bond acceptors (Lipinski definition) is 4. The van der Waals surface area contributed by atoms with E-state index in [0.29, 0.717) is 12.1 Å². The van der Waals surface area contributed by atoms with Crippen molar-refractivity contribution in [2.75, 3.05) is 37.7 Å². The van der Waals surface area contributed by atoms with Crippen LogP contribution in [0.25, 0.3) is 0 Å². The molecule has 1 aromatic rings. The zero-order valence-corrected chi connectivity index (χ0v) is 15.3. The molecule has 0 N–H and O–H groups in total. The number of nitrogens with zero attached hydrogens (tertiary/aromatic N) is 2. The van der Waals surface area contributed by atoms with Gasteiger partial charge in [0.05, 0.1) is 6.04 Å². The number of benzene rings is 1. The Kier molecular flexibility index (Phi) is 6.34. The van der Waals surface area contributed by atoms with Crippen molar-refractivity contribution in [2.24, 2.45) is 0 Å². The van der Waals surface area contributed by atoms with E-state index in [4.69, 9.17) is 0 Å². The van der Waals surface area contributed by atoms with Crippen LogP contribution in [0.3, 0.4) is 0 Å². The molecule has 2 aliphatic rings. The first-order valence-electron chi connectivity index (χ1n) is 8.89. The Labute approximate surface area is 155 Å². The van der Waals surface area contributed by atoms with Crippen molar-refractivity contribution in [3.63, 3.8) is 0 Å². The summed E-state index contributed by atoms with van der Waals surface area (Å²) >= 11 is 1.87. The molecule has 0 radical (unpaired) electrons. The number of carbonyl (C=O) groups excluding carboxylic acids is 1. The SMILES string of the molecule is O=C(c1ccc(OC(F)(F)F)cc1)N1CCCSC[C@@H]1CN1CCCC1. The van der Waals surface area contributed by atoms with Crippen molar-refractivity contribution in [2.45, 2.75) is 31.7 Å². The number of amides is 1. The van der Waals surface area contributed by atoms with Crippen LogP contribution in [-0.2, 0) is 0 Å². The molecule has 0 aliphatic carbocycles. The Hall–Kier alpha value is -1.41. The van der Waals surface area contributed by atoms with Gasteiger partial charge in [-0.3, -0.25) is 4.79 Å². The molecule has 1 amide bonds. The first-order chi connectivity index (χ1) is 12.4. The summed E-state index contributed by atoms with van der Waals surface area (Å²) in [5.41, 5.74) is 0.401. The number of halogens is 3. The Balaban J connectivity index is 1.70. The Bertz CT molecular complexity index is 603. The summed E-state index contributed by atoms with van der Waals surface area (Å²) in [5, 5.41) is 0. The molecule has 0 unspecified atom stereocenters. The standard InChI is InChI=1S/C18H23F3N2O2S/c19-18(20,21)25-16-6-4-14(5-7-16)17(24)23-10-3-11-26-13-15(23)12-22-8-1-2-9-22/h4-7,15H,1-3,8-13H2/t15-/m0/s1. The van der Waals surface area contributed by atoms with Crippen LogP contribution < -0.4 is 4.74 Å². The van der Waals surface area contributed by atoms with E-state index in [-0.39, 0.29) is 17.7 Å². The number of alkyl halides is 3. The number of ether oxygens (including phenoxy) is 1. The molecule has 8 heteroatoms. The first-order valence-corrected chi connectivity index (χ1v) is 10.0. The van der Waals surface area contributed by atoms with E-state index in [9.17, 15) is 18.0 Å². The van der Waals surface area contributed by atoms with E-state index in [2.05, 4.69) is 9.64 Å². The van der Waals surface area contributed by atoms with Crippen molar-refractivity contribution >= 4 is 17.7 Å². The molecule has 2 fully saturated rings. The molecule has 0 bridgehead atoms. The van der Waals surface area contributed by atoms with Crippen molar-refractivity contribution in [3.8, 4) is 5.75 Å². The maximum absolute atomic E-state index is 13.0. The van der Waals surface area contributed by atoms with Gasteiger partial charge < -0.3 is 14.5 Å². The maximum Gasteiger partial charge on any atom is 0.573 e. The largest absolute Gasteiger partial charge is 0.573 e. The minimum Gasteiger partial charge on any atom is -0.406 e. The molecule has 0 saturated carbocycles. The lowest BCUT2D eigenvalue weighted by molar-refractivity contribution is -0.274. The van der Waals surface area contributed by atoms with Crippen LogP contribution in [0.2, 0.25) is 0 Å². The Morgan fingerprint density at radius 1 is 1.12 bits per heavy atom. The monoisotopic (exact) mass is 388 g/mol. The average Bonchev–Trinajstić information content (AvgIpc) is 2.98. The molecule has 0 spiro atoms. The smallest absolute Gasteiger partial charge is 0.406 e. The molecule has 4 nitrogen and oxygen atoms in total. The highest BCUT2D eigenvalue weighted by Gasteiger charge is 2.32. The van der Waals surface area contributed by atoms with Crippen molar-refractivity contribution in [3.05, 3.63) is 29.8 Å². The quantitative estimate of drug-likeness (QED) is 0.789. The maximum atomic E-state index is 13.0. The predicted molar refractivity (Wildman–Crippen MR) is 95.6 cm³/mol. The lowest BCUT2D eigenvalue weighted by Crippen LogP contribution is -2.47. The second-order valence-electron chi connectivity index (χ2n) is 6.66. The summed E-state index contributed by atoms with van der Waals surface area (Å²) < 4.78 is 40.7. The van der Waals surface area contributed by atoms with Crippen LogP contribution in [0.15, 0.2) is 24.3 Å². The van der Waals surface area contributed by atoms with Crippen LogP contribution in [-0.4, -0.2) is 65.8 Å². The van der Waals surface area contributed by atoms with Gasteiger partial charge in [0.25, 0.3) is 5.91 Å². The number of thioether (sulfide) groups is 1. The van der Waals surface area contributed by atoms with Gasteiger partial charge in [-0.15, -0.1) is 13.2 Å². The fourth-order valence-corrected chi connectivity index (χ4v) is 4.53. The summed E-state index contributed by atoms with van der Waals surface area (Å²) in [6.07, 6.45) is -1.39. The van der Waals surface area contributed by atoms with Gasteiger partial charge in [0, 0.05) is 24.4 Å². The average molecular weight is 388 g/mol. The summed E-state index contributed by atoms with van der Waals surface area (Å²) in [6, 6.07) is 5.35. The van der Waals surface area contributed by atoms with Crippen molar-refractivity contribution < 1.29 is 22.7 Å². The summed E-state index contributed by atoms with van der Waals surface area (Å²) in [4.78, 5) is 17.3. The minimum absolute atomic E-state index is 0.116. The predicted octanol–water partition coefficient (Wildman–Crippen LogP) is 3.63. The van der Waals surface area contributed by atoms with E-state index in [1.807, 2.05) is 16.7 Å². The molecule has 1 atom stereocenters. The van der Waals surface area contributed by atoms with Crippen LogP contribution in [0, 0.1) is 0 Å². The topological polar surface area (TPSA) is 32.8 Å². The molecule has 0 aromatic heterocycles. The number of likely N-dealkylation sites (tertiary alicyclic amines) is 1. The molecule has 2 saturated heterocycles. The first kappa shape index (κ1) is 19.4. The van der Waals surface area contributed by atoms with Crippen LogP contribution in [0.5, 0.6) is 5.75 Å². The van der Waals surface area contributed by atoms with E-state index >= 15 is 0 Å². The van der Waals surface area contributed by atoms with Gasteiger partial charge in [0.15, 0.2) is 0 Å². The van der Waals surface area contributed by atoms with Crippen LogP contribution in [0.4, 0.5) is 13.2 Å². The Morgan fingerprint density at radius 3 is 2.46 bits per heavy atom. The molecular weight excluding hydrogens is 365 g/mol. The van der Waals surface area contributed by atoms with Gasteiger partial charge in [-0.2, -0.15) is 11.8 Å². The highest BCUT2D eigenvalue weighted by atomic mass is 32.2. The van der Waals surface area contributed by atoms with Gasteiger partial charge in [-0.05, 0) is 62.4 Å². The molecular formula is C18H23F3N2O2S. The van der Waals surface area contributed by atoms with E-state index in [1.165, 1.54) is 37.1 Å². The highest BCUT2D eigenvalue weighted by Crippen LogP contribution is 2.25. The fraction of sp³-hybridized carbons (Fsp3) is 0.611. The van der Waals surface area contributed by atoms with E-state index in [1.54, 1.807) is 0 Å². The number of rotatable bonds is 4. The zero-order valence-electron chi connectivity index (χ0n) is 14.5. The van der Waals surface area contributed by atoms with Crippen molar-refractivity contribution in [1.82, 2.24) is 9.80 Å². The van der Waals surface area contributed by atoms with Gasteiger partial charge in [0.1, 0.15) is 5.75 Å². The van der Waals surface area contributed by atoms with E-state index in [0.717, 1.165) is 37.6 Å². The molecule has 26 heavy (non-hydrogen) atoms. The lowest BCUT2D eigenvalue weighted by Gasteiger charge is -2.32. The van der Waals surface area contributed by atoms with Crippen molar-refractivity contribution in [1.29, 1.82) is 0 Å². The minimum atomic E-state index is -4.73. The number of carbonyl (C=O) groups is 1. The van der Waals surface area contributed by atoms with Gasteiger partial charge in [-0.25, -0.2) is 0 Å². The summed E-state index contributed by atoms with van der Waals surface area (Å²) in [7, 11) is 0. The zero-order chi connectivity index (χ0) is 18.6. The third-order valence-corrected chi connectivity index (χ3v) is 5.90. The van der Waals surface area contributed by atoms with Crippen LogP contribution >= 0.6 is 11.8 Å². The molecule has 2 aliphatic heterocycles. The normalized spacial score (nSPS) is 22.3. The fourth-order valence-electron chi connectivity index (χ4n) is 3.48. The molecule has 144 valence electrons. The second-order valence-corrected chi connectivity index (χ2v) is 7.81. The van der Waals surface area contributed by atoms with E-state index < -0.39 is 6.36 Å². The van der Waals surface area contributed by atoms with Gasteiger partial charge in [-0.1, -0.05) is 0 Å². The lowest BCUT2D eigenvalue weighted by atomic mass is 10.1.